The standard InChI is InChI=1S/C23H32N4O/c1-3-10-27(11-4-2)23(28)25-18-7-8-22-20(15-18)21(16-24-22)17-9-13-26-12-5-6-19(26)14-17/h7-9,15-16,19,24H,3-6,10-14H2,1-2H3,(H,25,28). The highest BCUT2D eigenvalue weighted by atomic mass is 16.2. The van der Waals surface area contributed by atoms with E-state index >= 15 is 0 Å². The summed E-state index contributed by atoms with van der Waals surface area (Å²) in [5.41, 5.74) is 4.73. The maximum absolute atomic E-state index is 12.7. The van der Waals surface area contributed by atoms with Gasteiger partial charge < -0.3 is 15.2 Å². The first-order valence-electron chi connectivity index (χ1n) is 10.8. The number of aromatic nitrogens is 1. The molecule has 0 aliphatic carbocycles. The van der Waals surface area contributed by atoms with Crippen molar-refractivity contribution >= 4 is 28.2 Å². The predicted molar refractivity (Wildman–Crippen MR) is 117 cm³/mol. The Labute approximate surface area is 167 Å². The Morgan fingerprint density at radius 2 is 2.11 bits per heavy atom. The van der Waals surface area contributed by atoms with Crippen molar-refractivity contribution in [1.82, 2.24) is 14.8 Å². The van der Waals surface area contributed by atoms with E-state index in [0.29, 0.717) is 6.04 Å². The number of nitrogens with zero attached hydrogens (tertiary/aromatic N) is 2. The second-order valence-corrected chi connectivity index (χ2v) is 8.10. The molecule has 0 saturated carbocycles. The summed E-state index contributed by atoms with van der Waals surface area (Å²) in [6.45, 7) is 8.11. The van der Waals surface area contributed by atoms with E-state index < -0.39 is 0 Å². The Hall–Kier alpha value is -2.27. The normalized spacial score (nSPS) is 19.5. The molecule has 0 spiro atoms. The highest BCUT2D eigenvalue weighted by molar-refractivity contribution is 5.97. The predicted octanol–water partition coefficient (Wildman–Crippen LogP) is 5.07. The minimum absolute atomic E-state index is 0.00128. The molecule has 1 aromatic carbocycles. The second-order valence-electron chi connectivity index (χ2n) is 8.10. The Balaban J connectivity index is 1.55. The minimum atomic E-state index is -0.00128. The average Bonchev–Trinajstić information content (AvgIpc) is 3.33. The van der Waals surface area contributed by atoms with Crippen LogP contribution in [-0.2, 0) is 0 Å². The maximum Gasteiger partial charge on any atom is 0.321 e. The van der Waals surface area contributed by atoms with Gasteiger partial charge in [-0.3, -0.25) is 4.90 Å². The number of aromatic amines is 1. The summed E-state index contributed by atoms with van der Waals surface area (Å²) >= 11 is 0. The molecule has 1 atom stereocenters. The number of amides is 2. The number of rotatable bonds is 6. The van der Waals surface area contributed by atoms with E-state index in [9.17, 15) is 4.79 Å². The zero-order valence-corrected chi connectivity index (χ0v) is 17.1. The zero-order chi connectivity index (χ0) is 19.5. The molecule has 3 heterocycles. The molecule has 0 bridgehead atoms. The molecule has 5 heteroatoms. The number of nitrogens with one attached hydrogen (secondary N) is 2. The highest BCUT2D eigenvalue weighted by Gasteiger charge is 2.28. The third kappa shape index (κ3) is 3.81. The largest absolute Gasteiger partial charge is 0.361 e. The third-order valence-corrected chi connectivity index (χ3v) is 6.08. The second kappa shape index (κ2) is 8.39. The summed E-state index contributed by atoms with van der Waals surface area (Å²) in [5.74, 6) is 0. The number of hydrogen-bond acceptors (Lipinski definition) is 2. The number of H-pyrrole nitrogens is 1. The molecule has 0 radical (unpaired) electrons. The van der Waals surface area contributed by atoms with Gasteiger partial charge in [0.15, 0.2) is 0 Å². The van der Waals surface area contributed by atoms with Crippen LogP contribution in [0, 0.1) is 0 Å². The summed E-state index contributed by atoms with van der Waals surface area (Å²) in [6, 6.07) is 6.88. The van der Waals surface area contributed by atoms with Gasteiger partial charge in [-0.15, -0.1) is 0 Å². The lowest BCUT2D eigenvalue weighted by Gasteiger charge is -2.29. The van der Waals surface area contributed by atoms with E-state index in [1.54, 1.807) is 0 Å². The smallest absolute Gasteiger partial charge is 0.321 e. The monoisotopic (exact) mass is 380 g/mol. The molecule has 1 saturated heterocycles. The zero-order valence-electron chi connectivity index (χ0n) is 17.1. The van der Waals surface area contributed by atoms with Gasteiger partial charge in [0.1, 0.15) is 0 Å². The molecule has 2 amide bonds. The first-order chi connectivity index (χ1) is 13.7. The molecule has 2 aromatic rings. The molecule has 2 N–H and O–H groups in total. The number of benzene rings is 1. The molecule has 1 aromatic heterocycles. The fraction of sp³-hybridized carbons (Fsp3) is 0.522. The minimum Gasteiger partial charge on any atom is -0.361 e. The summed E-state index contributed by atoms with van der Waals surface area (Å²) in [4.78, 5) is 20.6. The molecule has 4 rings (SSSR count). The summed E-state index contributed by atoms with van der Waals surface area (Å²) in [5, 5.41) is 4.31. The fourth-order valence-corrected chi connectivity index (χ4v) is 4.67. The molecule has 5 nitrogen and oxygen atoms in total. The van der Waals surface area contributed by atoms with Crippen LogP contribution in [0.3, 0.4) is 0 Å². The number of hydrogen-bond donors (Lipinski definition) is 2. The lowest BCUT2D eigenvalue weighted by Crippen LogP contribution is -2.36. The first kappa shape index (κ1) is 19.1. The number of anilines is 1. The van der Waals surface area contributed by atoms with Crippen LogP contribution in [0.25, 0.3) is 16.5 Å². The summed E-state index contributed by atoms with van der Waals surface area (Å²) in [7, 11) is 0. The van der Waals surface area contributed by atoms with Crippen LogP contribution < -0.4 is 5.32 Å². The third-order valence-electron chi connectivity index (χ3n) is 6.08. The van der Waals surface area contributed by atoms with Crippen LogP contribution in [0.2, 0.25) is 0 Å². The van der Waals surface area contributed by atoms with Gasteiger partial charge in [-0.1, -0.05) is 19.9 Å². The van der Waals surface area contributed by atoms with Gasteiger partial charge in [-0.25, -0.2) is 4.79 Å². The van der Waals surface area contributed by atoms with Crippen LogP contribution in [0.5, 0.6) is 0 Å². The van der Waals surface area contributed by atoms with Crippen molar-refractivity contribution in [2.75, 3.05) is 31.5 Å². The Morgan fingerprint density at radius 1 is 1.29 bits per heavy atom. The number of carbonyl (C=O) groups excluding carboxylic acids is 1. The molecule has 2 aliphatic heterocycles. The molecule has 28 heavy (non-hydrogen) atoms. The van der Waals surface area contributed by atoms with Crippen molar-refractivity contribution in [2.24, 2.45) is 0 Å². The molecular formula is C23H32N4O. The molecule has 1 unspecified atom stereocenters. The average molecular weight is 381 g/mol. The van der Waals surface area contributed by atoms with E-state index in [2.05, 4.69) is 53.5 Å². The lowest BCUT2D eigenvalue weighted by atomic mass is 9.94. The van der Waals surface area contributed by atoms with Crippen molar-refractivity contribution in [3.05, 3.63) is 36.0 Å². The quantitative estimate of drug-likeness (QED) is 0.735. The van der Waals surface area contributed by atoms with Gasteiger partial charge in [-0.2, -0.15) is 0 Å². The molecular weight excluding hydrogens is 348 g/mol. The van der Waals surface area contributed by atoms with E-state index in [0.717, 1.165) is 50.1 Å². The summed E-state index contributed by atoms with van der Waals surface area (Å²) < 4.78 is 0. The number of fused-ring (bicyclic) bond motifs is 2. The van der Waals surface area contributed by atoms with Crippen LogP contribution in [-0.4, -0.2) is 53.0 Å². The van der Waals surface area contributed by atoms with Crippen LogP contribution >= 0.6 is 0 Å². The van der Waals surface area contributed by atoms with Gasteiger partial charge in [0.05, 0.1) is 0 Å². The van der Waals surface area contributed by atoms with Gasteiger partial charge in [0.25, 0.3) is 0 Å². The van der Waals surface area contributed by atoms with Gasteiger partial charge in [0, 0.05) is 54.0 Å². The molecule has 150 valence electrons. The van der Waals surface area contributed by atoms with Crippen LogP contribution in [0.4, 0.5) is 10.5 Å². The van der Waals surface area contributed by atoms with Crippen molar-refractivity contribution in [3.8, 4) is 0 Å². The van der Waals surface area contributed by atoms with Crippen molar-refractivity contribution in [2.45, 2.75) is 52.0 Å². The van der Waals surface area contributed by atoms with E-state index in [1.807, 2.05) is 11.0 Å². The first-order valence-corrected chi connectivity index (χ1v) is 10.8. The van der Waals surface area contributed by atoms with Crippen LogP contribution in [0.15, 0.2) is 30.5 Å². The topological polar surface area (TPSA) is 51.4 Å². The van der Waals surface area contributed by atoms with E-state index in [4.69, 9.17) is 0 Å². The van der Waals surface area contributed by atoms with Gasteiger partial charge in [0.2, 0.25) is 0 Å². The number of urea groups is 1. The van der Waals surface area contributed by atoms with Gasteiger partial charge in [-0.05, 0) is 62.4 Å². The maximum atomic E-state index is 12.7. The summed E-state index contributed by atoms with van der Waals surface area (Å²) in [6.07, 6.45) is 10.2. The molecule has 2 aliphatic rings. The van der Waals surface area contributed by atoms with E-state index in [-0.39, 0.29) is 6.03 Å². The Morgan fingerprint density at radius 3 is 2.89 bits per heavy atom. The van der Waals surface area contributed by atoms with E-state index in [1.165, 1.54) is 35.9 Å². The lowest BCUT2D eigenvalue weighted by molar-refractivity contribution is 0.211. The van der Waals surface area contributed by atoms with Crippen LogP contribution in [0.1, 0.15) is 51.5 Å². The number of carbonyl (C=O) groups is 1. The van der Waals surface area contributed by atoms with Crippen molar-refractivity contribution in [1.29, 1.82) is 0 Å². The molecule has 1 fully saturated rings. The SMILES string of the molecule is CCCN(CCC)C(=O)Nc1ccc2[nH]cc(C3=CCN4CCCC4C3)c2c1. The highest BCUT2D eigenvalue weighted by Crippen LogP contribution is 2.35. The Bertz CT molecular complexity index is 863. The van der Waals surface area contributed by atoms with Gasteiger partial charge >= 0.3 is 6.03 Å². The van der Waals surface area contributed by atoms with Crippen molar-refractivity contribution in [3.63, 3.8) is 0 Å². The van der Waals surface area contributed by atoms with Crippen molar-refractivity contribution < 1.29 is 4.79 Å². The fourth-order valence-electron chi connectivity index (χ4n) is 4.67. The Kier molecular flexibility index (Phi) is 5.72.